The SMILES string of the molecule is CCOC(=O)C(C)(COC(=O)C(C)(CO)COC(=O)CCC(C)C(=O)OCCC[N+](C)(C)CCCS(=O)(=O)O)COC(=O)C(C)(COC(=O)CCC(C)C(=O)OCC[N+](C)(C)CCCS(=O)(=O)O)COC(=O)CCC(C)C(=O)OCC[N+](C)(C)CCCS(=O)(=O)O. The van der Waals surface area contributed by atoms with Crippen LogP contribution >= 0.6 is 0 Å². The summed E-state index contributed by atoms with van der Waals surface area (Å²) in [5, 5.41) is 10.3. The highest BCUT2D eigenvalue weighted by molar-refractivity contribution is 7.86. The van der Waals surface area contributed by atoms with Gasteiger partial charge in [-0.25, -0.2) is 0 Å². The third-order valence-corrected chi connectivity index (χ3v) is 17.3. The summed E-state index contributed by atoms with van der Waals surface area (Å²) in [4.78, 5) is 119. The molecule has 91 heavy (non-hydrogen) atoms. The number of nitrogens with zero attached hydrogens (tertiary/aromatic N) is 3. The summed E-state index contributed by atoms with van der Waals surface area (Å²) in [6.07, 6.45) is -0.147. The maximum absolute atomic E-state index is 14.2. The van der Waals surface area contributed by atoms with E-state index in [2.05, 4.69) is 0 Å². The second kappa shape index (κ2) is 39.5. The van der Waals surface area contributed by atoms with E-state index in [1.54, 1.807) is 28.2 Å². The van der Waals surface area contributed by atoms with Crippen molar-refractivity contribution in [1.29, 1.82) is 0 Å². The van der Waals surface area contributed by atoms with Gasteiger partial charge in [-0.05, 0) is 47.0 Å². The lowest BCUT2D eigenvalue weighted by molar-refractivity contribution is -0.890. The fourth-order valence-corrected chi connectivity index (χ4v) is 9.60. The van der Waals surface area contributed by atoms with Gasteiger partial charge in [0.25, 0.3) is 30.4 Å². The van der Waals surface area contributed by atoms with Crippen LogP contribution in [0.25, 0.3) is 0 Å². The first-order chi connectivity index (χ1) is 41.6. The van der Waals surface area contributed by atoms with Crippen LogP contribution in [0.5, 0.6) is 0 Å². The van der Waals surface area contributed by atoms with E-state index in [0.717, 1.165) is 0 Å². The summed E-state index contributed by atoms with van der Waals surface area (Å²) in [7, 11) is -1.53. The van der Waals surface area contributed by atoms with Gasteiger partial charge in [0.1, 0.15) is 75.6 Å². The standard InChI is InChI=1S/C57H101N3O28S3/c1-14-80-53(69)57(7,41-87-52(68)55(5,37-61)38-84-46(62)22-19-43(2)49(65)81-31-15-25-58(8,9)26-16-34-89(71,72)73)42-88-54(70)56(6,39-85-47(63)23-20-44(3)50(66)82-32-29-59(10,11)27-17-35-90(74,75)76)40-86-48(64)24-21-45(4)51(67)83-33-30-60(12,13)28-18-36-91(77,78)79/h43-45,61H,14-42H2,1-13H3/p+3. The van der Waals surface area contributed by atoms with Gasteiger partial charge < -0.3 is 61.2 Å². The average molecular weight is 1380 g/mol. The zero-order chi connectivity index (χ0) is 70.3. The molecule has 0 aliphatic carbocycles. The maximum Gasteiger partial charge on any atom is 0.318 e. The van der Waals surface area contributed by atoms with Crippen LogP contribution in [-0.2, 0) is 116 Å². The van der Waals surface area contributed by atoms with E-state index in [1.165, 1.54) is 48.5 Å². The number of quaternary nitrogens is 3. The van der Waals surface area contributed by atoms with Crippen molar-refractivity contribution in [2.75, 3.05) is 165 Å². The molecule has 530 valence electrons. The molecule has 0 aromatic carbocycles. The number of likely N-dealkylation sites (N-methyl/N-ethyl adjacent to an activating group) is 2. The molecule has 0 radical (unpaired) electrons. The molecular formula is C57H104N3O28S3+3. The van der Waals surface area contributed by atoms with Crippen LogP contribution in [0.1, 0.15) is 113 Å². The fraction of sp³-hybridized carbons (Fsp3) is 0.842. The number of aliphatic hydroxyl groups excluding tert-OH is 1. The number of ether oxygens (including phenoxy) is 9. The number of aliphatic hydroxyl groups is 1. The van der Waals surface area contributed by atoms with E-state index >= 15 is 0 Å². The Kier molecular flexibility index (Phi) is 37.2. The lowest BCUT2D eigenvalue weighted by Gasteiger charge is -2.31. The van der Waals surface area contributed by atoms with Gasteiger partial charge in [0.15, 0.2) is 0 Å². The van der Waals surface area contributed by atoms with Crippen molar-refractivity contribution in [1.82, 2.24) is 0 Å². The molecule has 5 atom stereocenters. The Bertz CT molecular complexity index is 2630. The Morgan fingerprint density at radius 2 is 0.648 bits per heavy atom. The van der Waals surface area contributed by atoms with Crippen molar-refractivity contribution in [2.45, 2.75) is 113 Å². The first-order valence-electron chi connectivity index (χ1n) is 30.0. The minimum absolute atomic E-state index is 0.00405. The Morgan fingerprint density at radius 3 is 0.956 bits per heavy atom. The zero-order valence-electron chi connectivity index (χ0n) is 55.4. The molecule has 0 heterocycles. The first-order valence-corrected chi connectivity index (χ1v) is 34.9. The molecule has 0 aromatic heterocycles. The van der Waals surface area contributed by atoms with Crippen LogP contribution in [0.2, 0.25) is 0 Å². The van der Waals surface area contributed by atoms with Gasteiger partial charge >= 0.3 is 53.7 Å². The van der Waals surface area contributed by atoms with E-state index in [9.17, 15) is 73.5 Å². The molecule has 0 aliphatic heterocycles. The summed E-state index contributed by atoms with van der Waals surface area (Å²) in [6, 6.07) is 0. The molecule has 0 amide bonds. The van der Waals surface area contributed by atoms with Crippen LogP contribution in [0.15, 0.2) is 0 Å². The molecule has 31 nitrogen and oxygen atoms in total. The predicted molar refractivity (Wildman–Crippen MR) is 324 cm³/mol. The third kappa shape index (κ3) is 39.2. The van der Waals surface area contributed by atoms with E-state index in [1.807, 2.05) is 14.1 Å². The number of hydrogen-bond acceptors (Lipinski definition) is 25. The second-order valence-electron chi connectivity index (χ2n) is 25.9. The van der Waals surface area contributed by atoms with Crippen LogP contribution in [-0.4, -0.2) is 276 Å². The third-order valence-electron chi connectivity index (χ3n) is 14.9. The van der Waals surface area contributed by atoms with Crippen LogP contribution in [0.3, 0.4) is 0 Å². The highest BCUT2D eigenvalue weighted by Crippen LogP contribution is 2.28. The van der Waals surface area contributed by atoms with Gasteiger partial charge in [0.05, 0.1) is 123 Å². The number of hydrogen-bond donors (Lipinski definition) is 4. The normalized spacial score (nSPS) is 15.4. The summed E-state index contributed by atoms with van der Waals surface area (Å²) in [5.41, 5.74) is -5.89. The Hall–Kier alpha value is -5.20. The van der Waals surface area contributed by atoms with Crippen molar-refractivity contribution in [3.8, 4) is 0 Å². The number of esters is 9. The lowest BCUT2D eigenvalue weighted by Crippen LogP contribution is -2.46. The second-order valence-corrected chi connectivity index (χ2v) is 30.7. The van der Waals surface area contributed by atoms with Crippen LogP contribution in [0, 0.1) is 34.0 Å². The van der Waals surface area contributed by atoms with Crippen LogP contribution < -0.4 is 0 Å². The van der Waals surface area contributed by atoms with Crippen molar-refractivity contribution in [3.63, 3.8) is 0 Å². The van der Waals surface area contributed by atoms with E-state index in [-0.39, 0.29) is 98.9 Å². The van der Waals surface area contributed by atoms with E-state index in [0.29, 0.717) is 50.2 Å². The fourth-order valence-electron chi connectivity index (χ4n) is 8.12. The number of carbonyl (C=O) groups is 9. The van der Waals surface area contributed by atoms with E-state index in [4.69, 9.17) is 56.3 Å². The monoisotopic (exact) mass is 1370 g/mol. The summed E-state index contributed by atoms with van der Waals surface area (Å²) in [5.74, 6) is -11.5. The minimum atomic E-state index is -4.14. The molecule has 34 heteroatoms. The molecule has 0 aliphatic rings. The van der Waals surface area contributed by atoms with Gasteiger partial charge in [-0.1, -0.05) is 20.8 Å². The van der Waals surface area contributed by atoms with Gasteiger partial charge in [-0.3, -0.25) is 56.8 Å². The highest BCUT2D eigenvalue weighted by Gasteiger charge is 2.45. The Balaban J connectivity index is 6.05. The van der Waals surface area contributed by atoms with Crippen LogP contribution in [0.4, 0.5) is 0 Å². The largest absolute Gasteiger partial charge is 0.465 e. The lowest BCUT2D eigenvalue weighted by atomic mass is 9.90. The highest BCUT2D eigenvalue weighted by atomic mass is 32.2. The molecular weight excluding hydrogens is 1270 g/mol. The van der Waals surface area contributed by atoms with Crippen molar-refractivity contribution in [2.24, 2.45) is 34.0 Å². The summed E-state index contributed by atoms with van der Waals surface area (Å²) >= 11 is 0. The smallest absolute Gasteiger partial charge is 0.318 e. The predicted octanol–water partition coefficient (Wildman–Crippen LogP) is 1.61. The molecule has 0 saturated carbocycles. The number of carbonyl (C=O) groups excluding carboxylic acids is 9. The van der Waals surface area contributed by atoms with Crippen molar-refractivity contribution >= 4 is 84.1 Å². The molecule has 0 spiro atoms. The average Bonchev–Trinajstić information content (AvgIpc) is 0.937. The van der Waals surface area contributed by atoms with Gasteiger partial charge in [-0.2, -0.15) is 25.3 Å². The molecule has 0 rings (SSSR count). The number of rotatable bonds is 49. The topological polar surface area (TPSA) is 420 Å². The quantitative estimate of drug-likeness (QED) is 0.0221. The zero-order valence-corrected chi connectivity index (χ0v) is 57.8. The molecule has 0 aromatic rings. The Morgan fingerprint density at radius 1 is 0.385 bits per heavy atom. The van der Waals surface area contributed by atoms with Gasteiger partial charge in [-0.15, -0.1) is 0 Å². The summed E-state index contributed by atoms with van der Waals surface area (Å²) < 4.78 is 143. The molecule has 0 fully saturated rings. The maximum atomic E-state index is 14.2. The molecule has 5 unspecified atom stereocenters. The van der Waals surface area contributed by atoms with Crippen molar-refractivity contribution < 1.29 is 143 Å². The molecule has 4 N–H and O–H groups in total. The Labute approximate surface area is 536 Å². The van der Waals surface area contributed by atoms with Gasteiger partial charge in [0.2, 0.25) is 0 Å². The molecule has 0 bridgehead atoms. The summed E-state index contributed by atoms with van der Waals surface area (Å²) in [6.45, 7) is 6.86. The van der Waals surface area contributed by atoms with E-state index < -0.39 is 169 Å². The minimum Gasteiger partial charge on any atom is -0.465 e. The first kappa shape index (κ1) is 85.8. The van der Waals surface area contributed by atoms with Crippen molar-refractivity contribution in [3.05, 3.63) is 0 Å². The van der Waals surface area contributed by atoms with Gasteiger partial charge in [0, 0.05) is 44.9 Å². The molecule has 0 saturated heterocycles.